The Morgan fingerprint density at radius 1 is 1.73 bits per heavy atom. The minimum Gasteiger partial charge on any atom is -0.314 e. The van der Waals surface area contributed by atoms with Gasteiger partial charge in [0.25, 0.3) is 0 Å². The van der Waals surface area contributed by atoms with E-state index >= 15 is 0 Å². The maximum Gasteiger partial charge on any atom is 0.324 e. The topological polar surface area (TPSA) is 49.4 Å². The molecule has 0 spiro atoms. The summed E-state index contributed by atoms with van der Waals surface area (Å²) in [6.45, 7) is 2.56. The number of nitrogens with one attached hydrogen (secondary N) is 1. The summed E-state index contributed by atoms with van der Waals surface area (Å²) in [5, 5.41) is 2.29. The molecular formula is C6H10N2O2S. The molecule has 1 fully saturated rings. The van der Waals surface area contributed by atoms with Crippen molar-refractivity contribution in [2.75, 3.05) is 13.1 Å². The van der Waals surface area contributed by atoms with Crippen LogP contribution in [0, 0.1) is 0 Å². The van der Waals surface area contributed by atoms with Gasteiger partial charge in [-0.15, -0.1) is 0 Å². The van der Waals surface area contributed by atoms with Crippen molar-refractivity contribution >= 4 is 24.6 Å². The molecule has 1 aliphatic rings. The fraction of sp³-hybridized carbons (Fsp3) is 0.667. The predicted octanol–water partition coefficient (Wildman–Crippen LogP) is -0.144. The third-order valence-corrected chi connectivity index (χ3v) is 1.52. The van der Waals surface area contributed by atoms with Crippen LogP contribution in [-0.4, -0.2) is 35.2 Å². The number of urea groups is 1. The molecule has 0 aromatic carbocycles. The molecule has 0 aromatic rings. The second-order valence-electron chi connectivity index (χ2n) is 2.58. The Bertz CT molecular complexity index is 193. The van der Waals surface area contributed by atoms with E-state index in [0.717, 1.165) is 0 Å². The smallest absolute Gasteiger partial charge is 0.314 e. The first-order chi connectivity index (χ1) is 5.09. The van der Waals surface area contributed by atoms with Crippen LogP contribution in [0.3, 0.4) is 0 Å². The SMILES string of the molecule is CC(S)CN1CC(=O)NC1=O. The van der Waals surface area contributed by atoms with Crippen LogP contribution in [0.15, 0.2) is 0 Å². The lowest BCUT2D eigenvalue weighted by molar-refractivity contribution is -0.118. The molecule has 0 aliphatic carbocycles. The van der Waals surface area contributed by atoms with E-state index in [2.05, 4.69) is 17.9 Å². The Hall–Kier alpha value is -0.710. The van der Waals surface area contributed by atoms with Crippen molar-refractivity contribution in [2.45, 2.75) is 12.2 Å². The van der Waals surface area contributed by atoms with E-state index in [1.165, 1.54) is 4.90 Å². The molecule has 1 atom stereocenters. The molecule has 1 aliphatic heterocycles. The largest absolute Gasteiger partial charge is 0.324 e. The number of hydrogen-bond acceptors (Lipinski definition) is 3. The first kappa shape index (κ1) is 8.39. The lowest BCUT2D eigenvalue weighted by Crippen LogP contribution is -2.32. The third kappa shape index (κ3) is 2.11. The molecule has 1 rings (SSSR count). The van der Waals surface area contributed by atoms with E-state index in [4.69, 9.17) is 0 Å². The van der Waals surface area contributed by atoms with Crippen LogP contribution in [-0.2, 0) is 4.79 Å². The molecule has 0 radical (unpaired) electrons. The van der Waals surface area contributed by atoms with Crippen LogP contribution in [0.5, 0.6) is 0 Å². The summed E-state index contributed by atoms with van der Waals surface area (Å²) < 4.78 is 0. The molecule has 5 heteroatoms. The van der Waals surface area contributed by atoms with Crippen molar-refractivity contribution in [1.29, 1.82) is 0 Å². The van der Waals surface area contributed by atoms with Crippen molar-refractivity contribution in [1.82, 2.24) is 10.2 Å². The second-order valence-corrected chi connectivity index (χ2v) is 3.46. The molecule has 0 bridgehead atoms. The number of rotatable bonds is 2. The number of carbonyl (C=O) groups excluding carboxylic acids is 2. The normalized spacial score (nSPS) is 20.4. The first-order valence-electron chi connectivity index (χ1n) is 3.36. The molecule has 0 aromatic heterocycles. The summed E-state index contributed by atoms with van der Waals surface area (Å²) >= 11 is 4.11. The van der Waals surface area contributed by atoms with E-state index in [1.54, 1.807) is 0 Å². The second kappa shape index (κ2) is 3.13. The summed E-state index contributed by atoms with van der Waals surface area (Å²) in [7, 11) is 0. The third-order valence-electron chi connectivity index (χ3n) is 1.35. The molecule has 1 unspecified atom stereocenters. The van der Waals surface area contributed by atoms with Crippen LogP contribution < -0.4 is 5.32 Å². The highest BCUT2D eigenvalue weighted by Crippen LogP contribution is 2.02. The van der Waals surface area contributed by atoms with Gasteiger partial charge in [-0.1, -0.05) is 6.92 Å². The number of hydrogen-bond donors (Lipinski definition) is 2. The molecule has 3 amide bonds. The molecule has 0 saturated carbocycles. The van der Waals surface area contributed by atoms with Gasteiger partial charge in [-0.05, 0) is 0 Å². The highest BCUT2D eigenvalue weighted by Gasteiger charge is 2.26. The van der Waals surface area contributed by atoms with E-state index in [9.17, 15) is 9.59 Å². The number of nitrogens with zero attached hydrogens (tertiary/aromatic N) is 1. The fourth-order valence-corrected chi connectivity index (χ4v) is 1.15. The van der Waals surface area contributed by atoms with E-state index in [-0.39, 0.29) is 23.7 Å². The lowest BCUT2D eigenvalue weighted by Gasteiger charge is -2.14. The number of thiol groups is 1. The summed E-state index contributed by atoms with van der Waals surface area (Å²) in [6.07, 6.45) is 0. The summed E-state index contributed by atoms with van der Waals surface area (Å²) in [5.41, 5.74) is 0. The van der Waals surface area contributed by atoms with Gasteiger partial charge in [0.15, 0.2) is 0 Å². The van der Waals surface area contributed by atoms with Crippen LogP contribution >= 0.6 is 12.6 Å². The van der Waals surface area contributed by atoms with Crippen molar-refractivity contribution < 1.29 is 9.59 Å². The van der Waals surface area contributed by atoms with Gasteiger partial charge in [-0.2, -0.15) is 12.6 Å². The number of amides is 3. The van der Waals surface area contributed by atoms with Gasteiger partial charge < -0.3 is 4.90 Å². The van der Waals surface area contributed by atoms with Crippen molar-refractivity contribution in [2.24, 2.45) is 0 Å². The average molecular weight is 174 g/mol. The molecule has 11 heavy (non-hydrogen) atoms. The van der Waals surface area contributed by atoms with Gasteiger partial charge >= 0.3 is 6.03 Å². The maximum absolute atomic E-state index is 10.9. The molecule has 1 heterocycles. The highest BCUT2D eigenvalue weighted by atomic mass is 32.1. The Morgan fingerprint density at radius 3 is 2.73 bits per heavy atom. The minimum atomic E-state index is -0.309. The Morgan fingerprint density at radius 2 is 2.36 bits per heavy atom. The zero-order valence-electron chi connectivity index (χ0n) is 6.20. The van der Waals surface area contributed by atoms with Crippen LogP contribution in [0.25, 0.3) is 0 Å². The minimum absolute atomic E-state index is 0.103. The van der Waals surface area contributed by atoms with Gasteiger partial charge in [0.05, 0.1) is 0 Å². The molecule has 1 saturated heterocycles. The van der Waals surface area contributed by atoms with Crippen molar-refractivity contribution in [3.05, 3.63) is 0 Å². The Balaban J connectivity index is 2.47. The van der Waals surface area contributed by atoms with Crippen LogP contribution in [0.2, 0.25) is 0 Å². The van der Waals surface area contributed by atoms with Gasteiger partial charge in [-0.3, -0.25) is 10.1 Å². The van der Waals surface area contributed by atoms with Gasteiger partial charge in [0, 0.05) is 11.8 Å². The van der Waals surface area contributed by atoms with Crippen molar-refractivity contribution in [3.63, 3.8) is 0 Å². The van der Waals surface area contributed by atoms with Crippen molar-refractivity contribution in [3.8, 4) is 0 Å². The molecule has 1 N–H and O–H groups in total. The quantitative estimate of drug-likeness (QED) is 0.452. The molecule has 62 valence electrons. The first-order valence-corrected chi connectivity index (χ1v) is 3.88. The van der Waals surface area contributed by atoms with E-state index < -0.39 is 0 Å². The summed E-state index contributed by atoms with van der Waals surface area (Å²) in [6, 6.07) is -0.309. The molecular weight excluding hydrogens is 164 g/mol. The fourth-order valence-electron chi connectivity index (χ4n) is 0.949. The summed E-state index contributed by atoms with van der Waals surface area (Å²) in [5.74, 6) is -0.232. The maximum atomic E-state index is 10.9. The lowest BCUT2D eigenvalue weighted by atomic mass is 10.4. The van der Waals surface area contributed by atoms with Crippen LogP contribution in [0.1, 0.15) is 6.92 Å². The Kier molecular flexibility index (Phi) is 2.38. The number of carbonyl (C=O) groups is 2. The summed E-state index contributed by atoms with van der Waals surface area (Å²) in [4.78, 5) is 23.0. The zero-order valence-corrected chi connectivity index (χ0v) is 7.10. The van der Waals surface area contributed by atoms with E-state index in [1.807, 2.05) is 6.92 Å². The van der Waals surface area contributed by atoms with Gasteiger partial charge in [0.1, 0.15) is 6.54 Å². The average Bonchev–Trinajstić information content (AvgIpc) is 2.09. The van der Waals surface area contributed by atoms with Crippen LogP contribution in [0.4, 0.5) is 4.79 Å². The standard InChI is InChI=1S/C6H10N2O2S/c1-4(11)2-8-3-5(9)7-6(8)10/h4,11H,2-3H2,1H3,(H,7,9,10). The van der Waals surface area contributed by atoms with Gasteiger partial charge in [0.2, 0.25) is 5.91 Å². The highest BCUT2D eigenvalue weighted by molar-refractivity contribution is 7.80. The number of imide groups is 1. The Labute approximate surface area is 70.3 Å². The van der Waals surface area contributed by atoms with E-state index in [0.29, 0.717) is 6.54 Å². The zero-order chi connectivity index (χ0) is 8.43. The predicted molar refractivity (Wildman–Crippen MR) is 43.6 cm³/mol. The van der Waals surface area contributed by atoms with Gasteiger partial charge in [-0.25, -0.2) is 4.79 Å². The monoisotopic (exact) mass is 174 g/mol. The molecule has 4 nitrogen and oxygen atoms in total.